The van der Waals surface area contributed by atoms with Gasteiger partial charge in [-0.3, -0.25) is 4.90 Å². The van der Waals surface area contributed by atoms with Crippen LogP contribution in [-0.4, -0.2) is 22.5 Å². The van der Waals surface area contributed by atoms with Gasteiger partial charge in [0.25, 0.3) is 0 Å². The fourth-order valence-corrected chi connectivity index (χ4v) is 7.01. The van der Waals surface area contributed by atoms with Gasteiger partial charge in [0.1, 0.15) is 0 Å². The van der Waals surface area contributed by atoms with Gasteiger partial charge >= 0.3 is 0 Å². The highest BCUT2D eigenvalue weighted by molar-refractivity contribution is 4.92. The number of hydrogen-bond donors (Lipinski definition) is 0. The van der Waals surface area contributed by atoms with E-state index in [9.17, 15) is 0 Å². The van der Waals surface area contributed by atoms with Gasteiger partial charge in [-0.05, 0) is 53.5 Å². The molecule has 242 valence electrons. The average Bonchev–Trinajstić information content (AvgIpc) is 2.92. The number of unbranched alkanes of at least 4 members (excludes halogenated alkanes) is 24. The summed E-state index contributed by atoms with van der Waals surface area (Å²) in [6.07, 6.45) is 41.4. The highest BCUT2D eigenvalue weighted by Gasteiger charge is 2.36. The molecular formula is C39H81N. The Morgan fingerprint density at radius 2 is 0.525 bits per heavy atom. The number of rotatable bonds is 32. The molecule has 0 radical (unpaired) electrons. The molecule has 0 N–H and O–H groups in total. The van der Waals surface area contributed by atoms with Gasteiger partial charge in [0, 0.05) is 11.1 Å². The van der Waals surface area contributed by atoms with Crippen molar-refractivity contribution < 1.29 is 0 Å². The molecule has 0 unspecified atom stereocenters. The molecule has 0 rings (SSSR count). The van der Waals surface area contributed by atoms with E-state index >= 15 is 0 Å². The smallest absolute Gasteiger partial charge is 0.0158 e. The minimum absolute atomic E-state index is 0.311. The summed E-state index contributed by atoms with van der Waals surface area (Å²) in [4.78, 5) is 2.96. The fraction of sp³-hybridized carbons (Fsp3) is 1.00. The fourth-order valence-electron chi connectivity index (χ4n) is 7.01. The molecule has 0 aromatic carbocycles. The Morgan fingerprint density at radius 1 is 0.300 bits per heavy atom. The van der Waals surface area contributed by atoms with Crippen molar-refractivity contribution in [3.8, 4) is 0 Å². The van der Waals surface area contributed by atoms with E-state index in [1.165, 1.54) is 193 Å². The van der Waals surface area contributed by atoms with E-state index in [0.717, 1.165) is 0 Å². The summed E-state index contributed by atoms with van der Waals surface area (Å²) in [5.74, 6) is 0. The Bertz CT molecular complexity index is 455. The molecule has 0 aliphatic rings. The minimum Gasteiger partial charge on any atom is -0.293 e. The maximum absolute atomic E-state index is 2.96. The van der Waals surface area contributed by atoms with E-state index in [4.69, 9.17) is 0 Å². The predicted molar refractivity (Wildman–Crippen MR) is 186 cm³/mol. The third kappa shape index (κ3) is 23.5. The first kappa shape index (κ1) is 40.0. The number of nitrogens with zero attached hydrogens (tertiary/aromatic N) is 1. The van der Waals surface area contributed by atoms with Crippen molar-refractivity contribution in [2.24, 2.45) is 0 Å². The van der Waals surface area contributed by atoms with Crippen molar-refractivity contribution >= 4 is 0 Å². The van der Waals surface area contributed by atoms with Crippen molar-refractivity contribution in [2.75, 3.05) is 6.54 Å². The van der Waals surface area contributed by atoms with E-state index in [2.05, 4.69) is 53.4 Å². The van der Waals surface area contributed by atoms with E-state index in [1.54, 1.807) is 0 Å². The van der Waals surface area contributed by atoms with Crippen LogP contribution in [0, 0.1) is 0 Å². The first-order valence-electron chi connectivity index (χ1n) is 19.1. The van der Waals surface area contributed by atoms with Crippen molar-refractivity contribution in [1.29, 1.82) is 0 Å². The maximum Gasteiger partial charge on any atom is 0.0158 e. The zero-order chi connectivity index (χ0) is 29.8. The van der Waals surface area contributed by atoms with E-state index in [0.29, 0.717) is 11.1 Å². The van der Waals surface area contributed by atoms with E-state index in [-0.39, 0.29) is 0 Å². The van der Waals surface area contributed by atoms with Gasteiger partial charge in [0.05, 0.1) is 0 Å². The lowest BCUT2D eigenvalue weighted by Crippen LogP contribution is -2.55. The van der Waals surface area contributed by atoms with Gasteiger partial charge < -0.3 is 0 Å². The summed E-state index contributed by atoms with van der Waals surface area (Å²) < 4.78 is 0. The summed E-state index contributed by atoms with van der Waals surface area (Å²) in [5.41, 5.74) is 0.622. The summed E-state index contributed by atoms with van der Waals surface area (Å²) in [6, 6.07) is 0. The second-order valence-corrected chi connectivity index (χ2v) is 14.8. The molecule has 0 saturated carbocycles. The van der Waals surface area contributed by atoms with Gasteiger partial charge in [-0.2, -0.15) is 0 Å². The monoisotopic (exact) mass is 564 g/mol. The van der Waals surface area contributed by atoms with Gasteiger partial charge in [0.15, 0.2) is 0 Å². The lowest BCUT2D eigenvalue weighted by atomic mass is 9.85. The molecule has 0 saturated heterocycles. The van der Waals surface area contributed by atoms with Crippen LogP contribution < -0.4 is 0 Å². The zero-order valence-corrected chi connectivity index (χ0v) is 29.7. The van der Waals surface area contributed by atoms with Crippen LogP contribution in [0.15, 0.2) is 0 Å². The third-order valence-corrected chi connectivity index (χ3v) is 9.73. The second-order valence-electron chi connectivity index (χ2n) is 14.8. The molecule has 1 heteroatoms. The molecule has 1 nitrogen and oxygen atoms in total. The first-order valence-corrected chi connectivity index (χ1v) is 19.1. The lowest BCUT2D eigenvalue weighted by molar-refractivity contribution is 0.00151. The molecule has 0 spiro atoms. The Morgan fingerprint density at radius 3 is 0.800 bits per heavy atom. The van der Waals surface area contributed by atoms with Crippen molar-refractivity contribution in [3.05, 3.63) is 0 Å². The molecule has 0 aromatic heterocycles. The van der Waals surface area contributed by atoms with Crippen molar-refractivity contribution in [2.45, 2.75) is 246 Å². The minimum atomic E-state index is 0.311. The molecular weight excluding hydrogens is 482 g/mol. The molecule has 0 amide bonds. The van der Waals surface area contributed by atoms with Crippen LogP contribution in [0.1, 0.15) is 235 Å². The normalized spacial score (nSPS) is 12.6. The highest BCUT2D eigenvalue weighted by atomic mass is 15.2. The summed E-state index contributed by atoms with van der Waals surface area (Å²) in [5, 5.41) is 0. The lowest BCUT2D eigenvalue weighted by Gasteiger charge is -2.49. The second kappa shape index (κ2) is 27.8. The molecule has 0 aromatic rings. The average molecular weight is 564 g/mol. The van der Waals surface area contributed by atoms with Crippen molar-refractivity contribution in [3.63, 3.8) is 0 Å². The predicted octanol–water partition coefficient (Wildman–Crippen LogP) is 14.2. The molecule has 0 bridgehead atoms. The van der Waals surface area contributed by atoms with Crippen LogP contribution in [-0.2, 0) is 0 Å². The number of hydrogen-bond acceptors (Lipinski definition) is 1. The van der Waals surface area contributed by atoms with Crippen LogP contribution >= 0.6 is 0 Å². The molecule has 0 atom stereocenters. The summed E-state index contributed by atoms with van der Waals surface area (Å²) in [7, 11) is 0. The Balaban J connectivity index is 4.42. The molecule has 0 aliphatic heterocycles. The van der Waals surface area contributed by atoms with Crippen molar-refractivity contribution in [1.82, 2.24) is 4.90 Å². The first-order chi connectivity index (χ1) is 19.3. The quantitative estimate of drug-likeness (QED) is 0.0735. The van der Waals surface area contributed by atoms with Crippen LogP contribution in [0.5, 0.6) is 0 Å². The zero-order valence-electron chi connectivity index (χ0n) is 29.7. The van der Waals surface area contributed by atoms with Crippen LogP contribution in [0.3, 0.4) is 0 Å². The van der Waals surface area contributed by atoms with Gasteiger partial charge in [0.2, 0.25) is 0 Å². The topological polar surface area (TPSA) is 3.24 Å². The standard InChI is InChI=1S/C39H81N/c1-8-11-14-17-19-21-23-25-27-29-32-35-38(4,5)40(37-34-31-16-13-10-3)39(6,7)36-33-30-28-26-24-22-20-18-15-12-9-2/h8-37H2,1-7H3. The highest BCUT2D eigenvalue weighted by Crippen LogP contribution is 2.34. The van der Waals surface area contributed by atoms with Gasteiger partial charge in [-0.1, -0.05) is 188 Å². The third-order valence-electron chi connectivity index (χ3n) is 9.73. The van der Waals surface area contributed by atoms with Crippen LogP contribution in [0.4, 0.5) is 0 Å². The summed E-state index contributed by atoms with van der Waals surface area (Å²) in [6.45, 7) is 18.5. The largest absolute Gasteiger partial charge is 0.293 e. The molecule has 0 fully saturated rings. The Hall–Kier alpha value is -0.0400. The van der Waals surface area contributed by atoms with E-state index < -0.39 is 0 Å². The van der Waals surface area contributed by atoms with E-state index in [1.807, 2.05) is 0 Å². The maximum atomic E-state index is 2.96. The van der Waals surface area contributed by atoms with Gasteiger partial charge in [-0.15, -0.1) is 0 Å². The molecule has 0 heterocycles. The summed E-state index contributed by atoms with van der Waals surface area (Å²) >= 11 is 0. The Labute approximate surface area is 256 Å². The van der Waals surface area contributed by atoms with Crippen LogP contribution in [0.2, 0.25) is 0 Å². The van der Waals surface area contributed by atoms with Gasteiger partial charge in [-0.25, -0.2) is 0 Å². The SMILES string of the molecule is CCCCCCCCCCCCCC(C)(C)N(CCCCCCC)C(C)(C)CCCCCCCCCCCCC. The molecule has 0 aliphatic carbocycles. The van der Waals surface area contributed by atoms with Crippen LogP contribution in [0.25, 0.3) is 0 Å². The molecule has 40 heavy (non-hydrogen) atoms. The Kier molecular flexibility index (Phi) is 27.7.